The SMILES string of the molecule is COC(=O)N1CCCN(C(=O)Cc2cc(C)c(OC)c(C)c2C)CC1. The van der Waals surface area contributed by atoms with Gasteiger partial charge in [-0.3, -0.25) is 4.79 Å². The van der Waals surface area contributed by atoms with E-state index in [1.807, 2.05) is 31.7 Å². The number of methoxy groups -OCH3 is 2. The van der Waals surface area contributed by atoms with Gasteiger partial charge in [0.1, 0.15) is 5.75 Å². The molecular weight excluding hydrogens is 320 g/mol. The number of carbonyl (C=O) groups excluding carboxylic acids is 2. The minimum atomic E-state index is -0.327. The van der Waals surface area contributed by atoms with Crippen molar-refractivity contribution in [2.45, 2.75) is 33.6 Å². The van der Waals surface area contributed by atoms with Gasteiger partial charge in [-0.1, -0.05) is 6.07 Å². The van der Waals surface area contributed by atoms with Gasteiger partial charge in [0.2, 0.25) is 5.91 Å². The highest BCUT2D eigenvalue weighted by molar-refractivity contribution is 5.79. The van der Waals surface area contributed by atoms with Crippen LogP contribution in [0.2, 0.25) is 0 Å². The summed E-state index contributed by atoms with van der Waals surface area (Å²) in [5.41, 5.74) is 4.26. The Labute approximate surface area is 149 Å². The van der Waals surface area contributed by atoms with Crippen LogP contribution in [0.15, 0.2) is 6.07 Å². The van der Waals surface area contributed by atoms with Gasteiger partial charge >= 0.3 is 6.09 Å². The quantitative estimate of drug-likeness (QED) is 0.842. The first-order valence-electron chi connectivity index (χ1n) is 8.63. The molecule has 0 aromatic heterocycles. The lowest BCUT2D eigenvalue weighted by atomic mass is 9.96. The van der Waals surface area contributed by atoms with Crippen molar-refractivity contribution in [1.82, 2.24) is 9.80 Å². The standard InChI is InChI=1S/C19H28N2O4/c1-13-11-16(14(2)15(3)18(13)24-4)12-17(22)20-7-6-8-21(10-9-20)19(23)25-5/h11H,6-10,12H2,1-5H3. The Hall–Kier alpha value is -2.24. The van der Waals surface area contributed by atoms with Gasteiger partial charge in [0.25, 0.3) is 0 Å². The van der Waals surface area contributed by atoms with Gasteiger partial charge in [0.05, 0.1) is 20.6 Å². The Bertz CT molecular complexity index is 657. The van der Waals surface area contributed by atoms with Crippen LogP contribution in [-0.4, -0.2) is 62.2 Å². The van der Waals surface area contributed by atoms with Gasteiger partial charge < -0.3 is 19.3 Å². The molecule has 0 unspecified atom stereocenters. The summed E-state index contributed by atoms with van der Waals surface area (Å²) in [7, 11) is 3.05. The van der Waals surface area contributed by atoms with Crippen molar-refractivity contribution in [2.24, 2.45) is 0 Å². The molecule has 0 saturated carbocycles. The third kappa shape index (κ3) is 4.24. The highest BCUT2D eigenvalue weighted by Crippen LogP contribution is 2.29. The fourth-order valence-corrected chi connectivity index (χ4v) is 3.39. The van der Waals surface area contributed by atoms with Gasteiger partial charge in [-0.2, -0.15) is 0 Å². The molecule has 0 N–H and O–H groups in total. The zero-order valence-corrected chi connectivity index (χ0v) is 15.8. The molecule has 0 radical (unpaired) electrons. The fourth-order valence-electron chi connectivity index (χ4n) is 3.39. The summed E-state index contributed by atoms with van der Waals surface area (Å²) in [6, 6.07) is 2.04. The lowest BCUT2D eigenvalue weighted by Gasteiger charge is -2.22. The van der Waals surface area contributed by atoms with Crippen LogP contribution in [-0.2, 0) is 16.0 Å². The van der Waals surface area contributed by atoms with Crippen molar-refractivity contribution >= 4 is 12.0 Å². The van der Waals surface area contributed by atoms with Crippen molar-refractivity contribution < 1.29 is 19.1 Å². The van der Waals surface area contributed by atoms with E-state index in [0.29, 0.717) is 32.6 Å². The lowest BCUT2D eigenvalue weighted by Crippen LogP contribution is -2.38. The topological polar surface area (TPSA) is 59.1 Å². The maximum atomic E-state index is 12.8. The van der Waals surface area contributed by atoms with E-state index < -0.39 is 0 Å². The first-order chi connectivity index (χ1) is 11.9. The zero-order valence-electron chi connectivity index (χ0n) is 15.8. The average Bonchev–Trinajstić information content (AvgIpc) is 2.85. The number of aryl methyl sites for hydroxylation is 1. The summed E-state index contributed by atoms with van der Waals surface area (Å²) in [6.07, 6.45) is 0.808. The van der Waals surface area contributed by atoms with Gasteiger partial charge in [-0.15, -0.1) is 0 Å². The number of hydrogen-bond acceptors (Lipinski definition) is 4. The summed E-state index contributed by atoms with van der Waals surface area (Å²) in [4.78, 5) is 27.9. The summed E-state index contributed by atoms with van der Waals surface area (Å²) >= 11 is 0. The summed E-state index contributed by atoms with van der Waals surface area (Å²) in [5.74, 6) is 0.982. The maximum absolute atomic E-state index is 12.8. The van der Waals surface area contributed by atoms with Crippen LogP contribution in [0.25, 0.3) is 0 Å². The lowest BCUT2D eigenvalue weighted by molar-refractivity contribution is -0.130. The fraction of sp³-hybridized carbons (Fsp3) is 0.579. The highest BCUT2D eigenvalue weighted by Gasteiger charge is 2.23. The largest absolute Gasteiger partial charge is 0.496 e. The van der Waals surface area contributed by atoms with Crippen LogP contribution in [0.5, 0.6) is 5.75 Å². The highest BCUT2D eigenvalue weighted by atomic mass is 16.5. The molecule has 1 aromatic carbocycles. The van der Waals surface area contributed by atoms with Crippen molar-refractivity contribution in [3.8, 4) is 5.75 Å². The number of ether oxygens (including phenoxy) is 2. The second-order valence-electron chi connectivity index (χ2n) is 6.50. The molecule has 0 atom stereocenters. The third-order valence-corrected chi connectivity index (χ3v) is 4.96. The minimum Gasteiger partial charge on any atom is -0.496 e. The molecule has 1 saturated heterocycles. The van der Waals surface area contributed by atoms with E-state index >= 15 is 0 Å². The Kier molecular flexibility index (Phi) is 6.28. The summed E-state index contributed by atoms with van der Waals surface area (Å²) in [6.45, 7) is 8.39. The van der Waals surface area contributed by atoms with Crippen LogP contribution in [0.3, 0.4) is 0 Å². The molecule has 0 bridgehead atoms. The van der Waals surface area contributed by atoms with Crippen LogP contribution in [0.4, 0.5) is 4.79 Å². The predicted molar refractivity (Wildman–Crippen MR) is 96.1 cm³/mol. The molecule has 2 rings (SSSR count). The van der Waals surface area contributed by atoms with Gasteiger partial charge in [0.15, 0.2) is 0 Å². The first kappa shape index (κ1) is 19.1. The van der Waals surface area contributed by atoms with Crippen molar-refractivity contribution in [1.29, 1.82) is 0 Å². The number of carbonyl (C=O) groups is 2. The van der Waals surface area contributed by atoms with Crippen molar-refractivity contribution in [3.63, 3.8) is 0 Å². The number of rotatable bonds is 3. The smallest absolute Gasteiger partial charge is 0.409 e. The Morgan fingerprint density at radius 1 is 1.00 bits per heavy atom. The minimum absolute atomic E-state index is 0.0961. The molecule has 0 spiro atoms. The second kappa shape index (κ2) is 8.23. The van der Waals surface area contributed by atoms with Crippen molar-refractivity contribution in [2.75, 3.05) is 40.4 Å². The van der Waals surface area contributed by atoms with Crippen LogP contribution in [0, 0.1) is 20.8 Å². The van der Waals surface area contributed by atoms with Gasteiger partial charge in [-0.25, -0.2) is 4.79 Å². The maximum Gasteiger partial charge on any atom is 0.409 e. The molecular formula is C19H28N2O4. The van der Waals surface area contributed by atoms with E-state index in [1.165, 1.54) is 7.11 Å². The predicted octanol–water partition coefficient (Wildman–Crippen LogP) is 2.46. The van der Waals surface area contributed by atoms with E-state index in [2.05, 4.69) is 0 Å². The molecule has 2 amide bonds. The Morgan fingerprint density at radius 2 is 1.64 bits per heavy atom. The summed E-state index contributed by atoms with van der Waals surface area (Å²) < 4.78 is 10.2. The molecule has 6 heteroatoms. The second-order valence-corrected chi connectivity index (χ2v) is 6.50. The van der Waals surface area contributed by atoms with E-state index in [9.17, 15) is 9.59 Å². The number of hydrogen-bond donors (Lipinski definition) is 0. The van der Waals surface area contributed by atoms with Crippen LogP contribution < -0.4 is 4.74 Å². The van der Waals surface area contributed by atoms with Crippen LogP contribution >= 0.6 is 0 Å². The monoisotopic (exact) mass is 348 g/mol. The molecule has 25 heavy (non-hydrogen) atoms. The third-order valence-electron chi connectivity index (χ3n) is 4.96. The Balaban J connectivity index is 2.09. The molecule has 1 aliphatic rings. The van der Waals surface area contributed by atoms with E-state index in [0.717, 1.165) is 34.4 Å². The number of benzene rings is 1. The molecule has 0 aliphatic carbocycles. The molecule has 6 nitrogen and oxygen atoms in total. The van der Waals surface area contributed by atoms with Crippen LogP contribution in [0.1, 0.15) is 28.7 Å². The number of nitrogens with zero attached hydrogens (tertiary/aromatic N) is 2. The van der Waals surface area contributed by atoms with Crippen molar-refractivity contribution in [3.05, 3.63) is 28.3 Å². The molecule has 1 aromatic rings. The molecule has 1 aliphatic heterocycles. The van der Waals surface area contributed by atoms with E-state index in [-0.39, 0.29) is 12.0 Å². The molecule has 138 valence electrons. The first-order valence-corrected chi connectivity index (χ1v) is 8.63. The van der Waals surface area contributed by atoms with E-state index in [1.54, 1.807) is 12.0 Å². The number of amides is 2. The van der Waals surface area contributed by atoms with Gasteiger partial charge in [0, 0.05) is 26.2 Å². The average molecular weight is 348 g/mol. The zero-order chi connectivity index (χ0) is 18.6. The molecule has 1 heterocycles. The van der Waals surface area contributed by atoms with E-state index in [4.69, 9.17) is 9.47 Å². The normalized spacial score (nSPS) is 14.9. The van der Waals surface area contributed by atoms with Gasteiger partial charge in [-0.05, 0) is 49.4 Å². The Morgan fingerprint density at radius 3 is 2.28 bits per heavy atom. The molecule has 1 fully saturated rings. The summed E-state index contributed by atoms with van der Waals surface area (Å²) in [5, 5.41) is 0.